The van der Waals surface area contributed by atoms with Gasteiger partial charge in [0.05, 0.1) is 17.7 Å². The minimum Gasteiger partial charge on any atom is -0.625 e. The fourth-order valence-corrected chi connectivity index (χ4v) is 6.46. The number of aliphatic imine (C=N–C) groups is 1. The molecule has 1 N–H and O–H groups in total. The van der Waals surface area contributed by atoms with Crippen LogP contribution in [0.4, 0.5) is 5.69 Å². The quantitative estimate of drug-likeness (QED) is 0.111. The number of nitrogens with zero attached hydrogens (tertiary/aromatic N) is 3. The molecule has 244 valence electrons. The Kier molecular flexibility index (Phi) is 12.0. The summed E-state index contributed by atoms with van der Waals surface area (Å²) >= 11 is 6.57. The summed E-state index contributed by atoms with van der Waals surface area (Å²) in [5.74, 6) is -1.90. The van der Waals surface area contributed by atoms with Crippen LogP contribution in [0.1, 0.15) is 46.6 Å². The molecule has 48 heavy (non-hydrogen) atoms. The minimum atomic E-state index is -1.20. The second kappa shape index (κ2) is 16.5. The average Bonchev–Trinajstić information content (AvgIpc) is 3.57. The van der Waals surface area contributed by atoms with Gasteiger partial charge in [0.1, 0.15) is 0 Å². The van der Waals surface area contributed by atoms with Crippen molar-refractivity contribution in [3.63, 3.8) is 0 Å². The Balaban J connectivity index is 0.00000451. The second-order valence-corrected chi connectivity index (χ2v) is 12.1. The number of amides is 1. The van der Waals surface area contributed by atoms with Gasteiger partial charge in [0.2, 0.25) is 0 Å². The molecule has 2 unspecified atom stereocenters. The third kappa shape index (κ3) is 8.29. The molecule has 0 saturated carbocycles. The van der Waals surface area contributed by atoms with Gasteiger partial charge in [0.25, 0.3) is 0 Å². The predicted molar refractivity (Wildman–Crippen MR) is 188 cm³/mol. The van der Waals surface area contributed by atoms with Crippen molar-refractivity contribution in [2.24, 2.45) is 4.99 Å². The zero-order chi connectivity index (χ0) is 32.6. The summed E-state index contributed by atoms with van der Waals surface area (Å²) in [5, 5.41) is 15.8. The molecular weight excluding hydrogens is 665 g/mol. The number of hydrogen-bond acceptors (Lipinski definition) is 4. The van der Waals surface area contributed by atoms with E-state index in [2.05, 4.69) is 22.3 Å². The number of aliphatic carboxylic acids is 1. The van der Waals surface area contributed by atoms with Gasteiger partial charge in [-0.25, -0.2) is 4.79 Å². The Morgan fingerprint density at radius 3 is 1.96 bits per heavy atom. The van der Waals surface area contributed by atoms with E-state index >= 15 is 0 Å². The molecule has 6 nitrogen and oxygen atoms in total. The Morgan fingerprint density at radius 2 is 1.38 bits per heavy atom. The van der Waals surface area contributed by atoms with Crippen LogP contribution in [-0.2, 0) is 32.6 Å². The number of hydrogen-bond donors (Lipinski definition) is 1. The molecule has 1 fully saturated rings. The molecule has 1 amide bonds. The van der Waals surface area contributed by atoms with Crippen LogP contribution in [0.2, 0.25) is 5.02 Å². The molecular formula is C40H35ClN3NiO3+. The summed E-state index contributed by atoms with van der Waals surface area (Å²) < 4.78 is 0. The number of carbonyl (C=O) groups is 2. The third-order valence-electron chi connectivity index (χ3n) is 8.52. The van der Waals surface area contributed by atoms with Gasteiger partial charge in [0.15, 0.2) is 6.04 Å². The standard InChI is InChI=1S/C40H36ClN3O3.Ni/c41-32-23-24-34(42-39(45)35-22-13-25-44(35)27-28-14-5-1-6-15-28)33(26-32)37(31-20-11-4-12-21-31)43-38(40(46)47)36(29-16-7-2-8-17-29)30-18-9-3-10-19-30;/h1-12,14-21,23-24,26,35-36,38H,13,22,25,27H2,(H2,42,43,45,46,47);/q;+2/p-1. The van der Waals surface area contributed by atoms with E-state index in [1.807, 2.05) is 109 Å². The SMILES string of the molecule is O=C(O)C(N=C(c1ccccc1)c1cc(Cl)ccc1[N-]C(=O)C1CCCN1Cc1ccccc1)C(c1ccccc1)c1ccccc1.[Ni+2]. The first kappa shape index (κ1) is 34.8. The number of carboxylic acid groups (broad SMARTS) is 1. The molecule has 8 heteroatoms. The molecule has 2 atom stereocenters. The predicted octanol–water partition coefficient (Wildman–Crippen LogP) is 8.66. The van der Waals surface area contributed by atoms with E-state index < -0.39 is 17.9 Å². The third-order valence-corrected chi connectivity index (χ3v) is 8.76. The van der Waals surface area contributed by atoms with Crippen LogP contribution in [0.3, 0.4) is 0 Å². The van der Waals surface area contributed by atoms with Crippen LogP contribution in [0.15, 0.2) is 145 Å². The van der Waals surface area contributed by atoms with Crippen molar-refractivity contribution in [3.8, 4) is 0 Å². The van der Waals surface area contributed by atoms with Crippen molar-refractivity contribution >= 4 is 34.9 Å². The van der Waals surface area contributed by atoms with Crippen molar-refractivity contribution in [2.75, 3.05) is 6.54 Å². The van der Waals surface area contributed by atoms with E-state index in [1.54, 1.807) is 18.2 Å². The van der Waals surface area contributed by atoms with Crippen LogP contribution in [0.5, 0.6) is 0 Å². The summed E-state index contributed by atoms with van der Waals surface area (Å²) in [6.07, 6.45) is 1.62. The second-order valence-electron chi connectivity index (χ2n) is 11.7. The molecule has 0 bridgehead atoms. The number of likely N-dealkylation sites (tertiary alicyclic amines) is 1. The van der Waals surface area contributed by atoms with Crippen LogP contribution in [-0.4, -0.2) is 46.2 Å². The molecule has 1 heterocycles. The van der Waals surface area contributed by atoms with Gasteiger partial charge in [-0.2, -0.15) is 0 Å². The molecule has 1 aliphatic rings. The Hall–Kier alpha value is -4.55. The van der Waals surface area contributed by atoms with Crippen molar-refractivity contribution in [1.29, 1.82) is 0 Å². The summed E-state index contributed by atoms with van der Waals surface area (Å²) in [4.78, 5) is 34.2. The zero-order valence-electron chi connectivity index (χ0n) is 26.1. The topological polar surface area (TPSA) is 84.1 Å². The zero-order valence-corrected chi connectivity index (χ0v) is 27.9. The molecule has 1 aliphatic heterocycles. The molecule has 5 aromatic carbocycles. The van der Waals surface area contributed by atoms with E-state index in [-0.39, 0.29) is 28.4 Å². The van der Waals surface area contributed by atoms with Gasteiger partial charge < -0.3 is 15.2 Å². The molecule has 0 radical (unpaired) electrons. The number of rotatable bonds is 11. The first-order valence-electron chi connectivity index (χ1n) is 15.8. The summed E-state index contributed by atoms with van der Waals surface area (Å²) in [7, 11) is 0. The molecule has 5 aromatic rings. The fraction of sp³-hybridized carbons (Fsp3) is 0.175. The Labute approximate surface area is 296 Å². The molecule has 0 spiro atoms. The van der Waals surface area contributed by atoms with Gasteiger partial charge in [-0.05, 0) is 53.8 Å². The summed E-state index contributed by atoms with van der Waals surface area (Å²) in [6, 6.07) is 42.2. The molecule has 1 saturated heterocycles. The van der Waals surface area contributed by atoms with Gasteiger partial charge in [-0.15, -0.1) is 5.69 Å². The summed E-state index contributed by atoms with van der Waals surface area (Å²) in [5.41, 5.74) is 4.78. The first-order chi connectivity index (χ1) is 23.0. The van der Waals surface area contributed by atoms with Crippen LogP contribution in [0, 0.1) is 0 Å². The maximum absolute atomic E-state index is 13.8. The minimum absolute atomic E-state index is 0. The first-order valence-corrected chi connectivity index (χ1v) is 16.1. The normalized spacial score (nSPS) is 15.5. The largest absolute Gasteiger partial charge is 2.00 e. The van der Waals surface area contributed by atoms with Crippen molar-refractivity contribution in [3.05, 3.63) is 178 Å². The van der Waals surface area contributed by atoms with E-state index in [0.717, 1.165) is 29.7 Å². The van der Waals surface area contributed by atoms with E-state index in [9.17, 15) is 14.7 Å². The number of halogens is 1. The molecule has 0 aromatic heterocycles. The summed E-state index contributed by atoms with van der Waals surface area (Å²) in [6.45, 7) is 1.48. The van der Waals surface area contributed by atoms with E-state index in [4.69, 9.17) is 16.6 Å². The number of carboxylic acids is 1. The fourth-order valence-electron chi connectivity index (χ4n) is 6.29. The van der Waals surface area contributed by atoms with Gasteiger partial charge in [-0.3, -0.25) is 9.89 Å². The van der Waals surface area contributed by atoms with Crippen molar-refractivity contribution in [1.82, 2.24) is 4.90 Å². The number of carbonyl (C=O) groups excluding carboxylic acids is 1. The van der Waals surface area contributed by atoms with Gasteiger partial charge in [0, 0.05) is 23.0 Å². The number of benzene rings is 5. The van der Waals surface area contributed by atoms with E-state index in [0.29, 0.717) is 40.5 Å². The molecule has 0 aliphatic carbocycles. The van der Waals surface area contributed by atoms with Gasteiger partial charge >= 0.3 is 22.5 Å². The monoisotopic (exact) mass is 698 g/mol. The maximum atomic E-state index is 13.8. The van der Waals surface area contributed by atoms with Crippen molar-refractivity contribution in [2.45, 2.75) is 37.4 Å². The van der Waals surface area contributed by atoms with Crippen LogP contribution in [0.25, 0.3) is 5.32 Å². The smallest absolute Gasteiger partial charge is 0.625 e. The Bertz CT molecular complexity index is 1800. The van der Waals surface area contributed by atoms with Crippen LogP contribution >= 0.6 is 11.6 Å². The Morgan fingerprint density at radius 1 is 0.812 bits per heavy atom. The average molecular weight is 700 g/mol. The van der Waals surface area contributed by atoms with E-state index in [1.165, 1.54) is 0 Å². The maximum Gasteiger partial charge on any atom is 2.00 e. The molecule has 6 rings (SSSR count). The van der Waals surface area contributed by atoms with Gasteiger partial charge in [-0.1, -0.05) is 139 Å². The van der Waals surface area contributed by atoms with Crippen molar-refractivity contribution < 1.29 is 31.2 Å². The van der Waals surface area contributed by atoms with Crippen LogP contribution < -0.4 is 0 Å².